The zero-order valence-corrected chi connectivity index (χ0v) is 17.6. The minimum Gasteiger partial charge on any atom is -0.322 e. The van der Waals surface area contributed by atoms with Gasteiger partial charge in [0.2, 0.25) is 0 Å². The summed E-state index contributed by atoms with van der Waals surface area (Å²) in [5.74, 6) is -0.138. The fourth-order valence-corrected chi connectivity index (χ4v) is 3.46. The molecule has 0 aliphatic rings. The Labute approximate surface area is 177 Å². The highest BCUT2D eigenvalue weighted by Crippen LogP contribution is 2.24. The maximum Gasteiger partial charge on any atom is 0.255 e. The third-order valence-corrected chi connectivity index (χ3v) is 5.31. The number of hydrogen-bond acceptors (Lipinski definition) is 3. The normalized spacial score (nSPS) is 10.7. The van der Waals surface area contributed by atoms with Crippen molar-refractivity contribution in [2.75, 3.05) is 5.32 Å². The Balaban J connectivity index is 1.58. The van der Waals surface area contributed by atoms with Crippen LogP contribution in [0.2, 0.25) is 0 Å². The molecular formula is C23H19BrN4O. The third-order valence-electron chi connectivity index (χ3n) is 4.78. The van der Waals surface area contributed by atoms with Crippen molar-refractivity contribution in [2.24, 2.45) is 0 Å². The molecule has 0 unspecified atom stereocenters. The molecule has 3 aromatic carbocycles. The molecule has 0 aliphatic heterocycles. The number of aromatic nitrogens is 3. The third kappa shape index (κ3) is 3.98. The molecule has 0 radical (unpaired) electrons. The van der Waals surface area contributed by atoms with Crippen LogP contribution in [0.1, 0.15) is 21.5 Å². The van der Waals surface area contributed by atoms with E-state index in [4.69, 9.17) is 0 Å². The van der Waals surface area contributed by atoms with Crippen molar-refractivity contribution in [2.45, 2.75) is 13.8 Å². The fraction of sp³-hybridized carbons (Fsp3) is 0.0870. The van der Waals surface area contributed by atoms with E-state index in [-0.39, 0.29) is 5.91 Å². The summed E-state index contributed by atoms with van der Waals surface area (Å²) in [6.45, 7) is 3.97. The predicted octanol–water partition coefficient (Wildman–Crippen LogP) is 5.57. The van der Waals surface area contributed by atoms with Gasteiger partial charge >= 0.3 is 0 Å². The summed E-state index contributed by atoms with van der Waals surface area (Å²) in [5, 5.41) is 11.3. The second kappa shape index (κ2) is 8.01. The highest BCUT2D eigenvalue weighted by Gasteiger charge is 2.12. The summed E-state index contributed by atoms with van der Waals surface area (Å²) in [6, 6.07) is 21.3. The zero-order valence-electron chi connectivity index (χ0n) is 16.1. The molecule has 4 aromatic rings. The molecule has 6 heteroatoms. The van der Waals surface area contributed by atoms with E-state index in [0.29, 0.717) is 5.56 Å². The van der Waals surface area contributed by atoms with Crippen LogP contribution in [0.4, 0.5) is 5.69 Å². The summed E-state index contributed by atoms with van der Waals surface area (Å²) in [5.41, 5.74) is 6.25. The second-order valence-electron chi connectivity index (χ2n) is 6.81. The number of amides is 1. The molecule has 29 heavy (non-hydrogen) atoms. The van der Waals surface area contributed by atoms with Gasteiger partial charge in [0.1, 0.15) is 0 Å². The Morgan fingerprint density at radius 3 is 2.24 bits per heavy atom. The minimum atomic E-state index is -0.138. The maximum atomic E-state index is 12.7. The van der Waals surface area contributed by atoms with Crippen LogP contribution >= 0.6 is 15.9 Å². The zero-order chi connectivity index (χ0) is 20.4. The molecule has 5 nitrogen and oxygen atoms in total. The lowest BCUT2D eigenvalue weighted by Crippen LogP contribution is -2.14. The Hall–Kier alpha value is -3.25. The average Bonchev–Trinajstić information content (AvgIpc) is 3.21. The van der Waals surface area contributed by atoms with E-state index in [1.54, 1.807) is 23.0 Å². The van der Waals surface area contributed by atoms with E-state index in [1.165, 1.54) is 0 Å². The first kappa shape index (κ1) is 19.1. The first-order valence-corrected chi connectivity index (χ1v) is 9.97. The molecule has 0 spiro atoms. The first-order chi connectivity index (χ1) is 14.0. The SMILES string of the molecule is Cc1cccc(C)c1NC(=O)c1ccc(-n2nncc2-c2ccc(Br)cc2)cc1. The summed E-state index contributed by atoms with van der Waals surface area (Å²) >= 11 is 3.45. The molecule has 0 saturated heterocycles. The van der Waals surface area contributed by atoms with Gasteiger partial charge < -0.3 is 5.32 Å². The average molecular weight is 447 g/mol. The lowest BCUT2D eigenvalue weighted by Gasteiger charge is -2.12. The number of hydrogen-bond donors (Lipinski definition) is 1. The Kier molecular flexibility index (Phi) is 5.27. The molecular weight excluding hydrogens is 428 g/mol. The van der Waals surface area contributed by atoms with E-state index < -0.39 is 0 Å². The number of aryl methyl sites for hydroxylation is 2. The number of carbonyl (C=O) groups is 1. The van der Waals surface area contributed by atoms with E-state index in [1.807, 2.05) is 68.4 Å². The maximum absolute atomic E-state index is 12.7. The number of nitrogens with one attached hydrogen (secondary N) is 1. The van der Waals surface area contributed by atoms with E-state index in [0.717, 1.165) is 38.2 Å². The molecule has 1 amide bonds. The summed E-state index contributed by atoms with van der Waals surface area (Å²) < 4.78 is 2.77. The standard InChI is InChI=1S/C23H19BrN4O/c1-15-4-3-5-16(2)22(15)26-23(29)18-8-12-20(13-9-18)28-21(14-25-27-28)17-6-10-19(24)11-7-17/h3-14H,1-2H3,(H,26,29). The molecule has 0 aliphatic carbocycles. The number of para-hydroxylation sites is 1. The molecule has 1 heterocycles. The summed E-state index contributed by atoms with van der Waals surface area (Å²) in [6.07, 6.45) is 1.73. The Morgan fingerprint density at radius 1 is 0.931 bits per heavy atom. The van der Waals surface area contributed by atoms with E-state index >= 15 is 0 Å². The van der Waals surface area contributed by atoms with Gasteiger partial charge in [-0.05, 0) is 61.4 Å². The van der Waals surface area contributed by atoms with Crippen LogP contribution in [-0.4, -0.2) is 20.9 Å². The molecule has 4 rings (SSSR count). The van der Waals surface area contributed by atoms with Crippen molar-refractivity contribution in [3.8, 4) is 16.9 Å². The van der Waals surface area contributed by atoms with Gasteiger partial charge in [-0.2, -0.15) is 0 Å². The molecule has 1 aromatic heterocycles. The fourth-order valence-electron chi connectivity index (χ4n) is 3.19. The van der Waals surface area contributed by atoms with Crippen molar-refractivity contribution in [3.63, 3.8) is 0 Å². The number of rotatable bonds is 4. The molecule has 0 saturated carbocycles. The summed E-state index contributed by atoms with van der Waals surface area (Å²) in [7, 11) is 0. The lowest BCUT2D eigenvalue weighted by molar-refractivity contribution is 0.102. The van der Waals surface area contributed by atoms with Crippen molar-refractivity contribution >= 4 is 27.5 Å². The van der Waals surface area contributed by atoms with Crippen LogP contribution in [0.5, 0.6) is 0 Å². The lowest BCUT2D eigenvalue weighted by atomic mass is 10.1. The smallest absolute Gasteiger partial charge is 0.255 e. The van der Waals surface area contributed by atoms with Crippen LogP contribution in [-0.2, 0) is 0 Å². The Morgan fingerprint density at radius 2 is 1.59 bits per heavy atom. The van der Waals surface area contributed by atoms with Crippen LogP contribution < -0.4 is 5.32 Å². The largest absolute Gasteiger partial charge is 0.322 e. The van der Waals surface area contributed by atoms with Crippen molar-refractivity contribution in [1.29, 1.82) is 0 Å². The van der Waals surface area contributed by atoms with Crippen LogP contribution in [0.3, 0.4) is 0 Å². The monoisotopic (exact) mass is 446 g/mol. The van der Waals surface area contributed by atoms with Gasteiger partial charge in [0, 0.05) is 21.3 Å². The second-order valence-corrected chi connectivity index (χ2v) is 7.72. The molecule has 1 N–H and O–H groups in total. The first-order valence-electron chi connectivity index (χ1n) is 9.17. The van der Waals surface area contributed by atoms with Crippen LogP contribution in [0.15, 0.2) is 77.4 Å². The van der Waals surface area contributed by atoms with Crippen LogP contribution in [0.25, 0.3) is 16.9 Å². The molecule has 144 valence electrons. The minimum absolute atomic E-state index is 0.138. The number of anilines is 1. The van der Waals surface area contributed by atoms with Gasteiger partial charge in [-0.3, -0.25) is 4.79 Å². The van der Waals surface area contributed by atoms with Gasteiger partial charge in [-0.1, -0.05) is 51.5 Å². The summed E-state index contributed by atoms with van der Waals surface area (Å²) in [4.78, 5) is 12.7. The highest BCUT2D eigenvalue weighted by molar-refractivity contribution is 9.10. The van der Waals surface area contributed by atoms with Gasteiger partial charge in [0.15, 0.2) is 0 Å². The molecule has 0 fully saturated rings. The number of carbonyl (C=O) groups excluding carboxylic acids is 1. The van der Waals surface area contributed by atoms with Gasteiger partial charge in [0.05, 0.1) is 17.6 Å². The van der Waals surface area contributed by atoms with E-state index in [2.05, 4.69) is 31.6 Å². The van der Waals surface area contributed by atoms with E-state index in [9.17, 15) is 4.79 Å². The van der Waals surface area contributed by atoms with Crippen molar-refractivity contribution in [1.82, 2.24) is 15.0 Å². The van der Waals surface area contributed by atoms with Gasteiger partial charge in [-0.15, -0.1) is 5.10 Å². The van der Waals surface area contributed by atoms with Gasteiger partial charge in [0.25, 0.3) is 5.91 Å². The van der Waals surface area contributed by atoms with Crippen molar-refractivity contribution < 1.29 is 4.79 Å². The topological polar surface area (TPSA) is 59.8 Å². The Bertz CT molecular complexity index is 1140. The van der Waals surface area contributed by atoms with Crippen LogP contribution in [0, 0.1) is 13.8 Å². The predicted molar refractivity (Wildman–Crippen MR) is 118 cm³/mol. The van der Waals surface area contributed by atoms with Gasteiger partial charge in [-0.25, -0.2) is 4.68 Å². The molecule has 0 atom stereocenters. The number of benzene rings is 3. The quantitative estimate of drug-likeness (QED) is 0.445. The molecule has 0 bridgehead atoms. The number of nitrogens with zero attached hydrogens (tertiary/aromatic N) is 3. The number of halogens is 1. The van der Waals surface area contributed by atoms with Crippen molar-refractivity contribution in [3.05, 3.63) is 94.1 Å². The highest BCUT2D eigenvalue weighted by atomic mass is 79.9.